The molecule has 25 heavy (non-hydrogen) atoms. The summed E-state index contributed by atoms with van der Waals surface area (Å²) >= 11 is 0. The van der Waals surface area contributed by atoms with Gasteiger partial charge in [0.25, 0.3) is 5.91 Å². The second kappa shape index (κ2) is 6.33. The molecule has 0 aliphatic heterocycles. The third-order valence-electron chi connectivity index (χ3n) is 3.11. The smallest absolute Gasteiger partial charge is 0.398 e. The Labute approximate surface area is 139 Å². The molecule has 2 aromatic carbocycles. The van der Waals surface area contributed by atoms with Crippen molar-refractivity contribution in [3.63, 3.8) is 0 Å². The van der Waals surface area contributed by atoms with E-state index in [0.29, 0.717) is 12.1 Å². The van der Waals surface area contributed by atoms with Gasteiger partial charge in [0.1, 0.15) is 10.7 Å². The lowest BCUT2D eigenvalue weighted by Crippen LogP contribution is -2.18. The van der Waals surface area contributed by atoms with Crippen molar-refractivity contribution in [2.24, 2.45) is 5.14 Å². The Morgan fingerprint density at radius 3 is 2.28 bits per heavy atom. The Kier molecular flexibility index (Phi) is 4.73. The van der Waals surface area contributed by atoms with Crippen LogP contribution in [0.3, 0.4) is 0 Å². The first-order valence-electron chi connectivity index (χ1n) is 6.50. The average Bonchev–Trinajstić information content (AvgIpc) is 2.47. The molecule has 0 heterocycles. The second-order valence-corrected chi connectivity index (χ2v) is 6.47. The van der Waals surface area contributed by atoms with Crippen molar-refractivity contribution in [2.75, 3.05) is 11.1 Å². The Balaban J connectivity index is 2.35. The molecule has 0 bridgehead atoms. The first kappa shape index (κ1) is 18.7. The molecule has 0 saturated carbocycles. The summed E-state index contributed by atoms with van der Waals surface area (Å²) in [6.45, 7) is 0. The molecule has 0 unspecified atom stereocenters. The molecular formula is C14H11F4N3O3S. The van der Waals surface area contributed by atoms with E-state index in [1.165, 1.54) is 0 Å². The molecule has 0 spiro atoms. The molecular weight excluding hydrogens is 366 g/mol. The summed E-state index contributed by atoms with van der Waals surface area (Å²) < 4.78 is 74.0. The molecule has 0 aromatic heterocycles. The number of nitrogens with two attached hydrogens (primary N) is 2. The molecule has 0 saturated heterocycles. The summed E-state index contributed by atoms with van der Waals surface area (Å²) in [5, 5.41) is 7.07. The zero-order valence-electron chi connectivity index (χ0n) is 12.3. The maximum Gasteiger partial charge on any atom is 0.419 e. The summed E-state index contributed by atoms with van der Waals surface area (Å²) in [5.74, 6) is -2.42. The number of alkyl halides is 3. The van der Waals surface area contributed by atoms with Gasteiger partial charge in [0.2, 0.25) is 10.0 Å². The van der Waals surface area contributed by atoms with Crippen molar-refractivity contribution in [1.29, 1.82) is 0 Å². The van der Waals surface area contributed by atoms with Gasteiger partial charge in [-0.3, -0.25) is 4.79 Å². The van der Waals surface area contributed by atoms with Gasteiger partial charge in [0, 0.05) is 11.3 Å². The average molecular weight is 377 g/mol. The number of carbonyl (C=O) groups is 1. The van der Waals surface area contributed by atoms with Crippen LogP contribution in [0.4, 0.5) is 28.9 Å². The number of primary sulfonamides is 1. The van der Waals surface area contributed by atoms with Gasteiger partial charge in [-0.25, -0.2) is 17.9 Å². The van der Waals surface area contributed by atoms with Crippen LogP contribution in [-0.4, -0.2) is 14.3 Å². The molecule has 0 aliphatic carbocycles. The Hall–Kier alpha value is -2.66. The van der Waals surface area contributed by atoms with Gasteiger partial charge in [-0.05, 0) is 36.4 Å². The standard InChI is InChI=1S/C14H11F4N3O3S/c15-10-3-2-8(6-9(10)14(16,17)18)21-13(22)7-1-4-11(19)12(5-7)25(20,23)24/h1-6H,19H2,(H,21,22)(H2,20,23,24). The summed E-state index contributed by atoms with van der Waals surface area (Å²) in [5.41, 5.74) is 3.17. The zero-order chi connectivity index (χ0) is 19.0. The number of carbonyl (C=O) groups excluding carboxylic acids is 1. The van der Waals surface area contributed by atoms with Crippen LogP contribution >= 0.6 is 0 Å². The van der Waals surface area contributed by atoms with Crippen molar-refractivity contribution in [3.8, 4) is 0 Å². The van der Waals surface area contributed by atoms with Gasteiger partial charge in [-0.1, -0.05) is 0 Å². The van der Waals surface area contributed by atoms with Gasteiger partial charge in [-0.2, -0.15) is 13.2 Å². The van der Waals surface area contributed by atoms with E-state index in [4.69, 9.17) is 10.9 Å². The third kappa shape index (κ3) is 4.25. The van der Waals surface area contributed by atoms with Gasteiger partial charge in [0.15, 0.2) is 0 Å². The predicted octanol–water partition coefficient (Wildman–Crippen LogP) is 2.33. The minimum atomic E-state index is -4.94. The molecule has 5 N–H and O–H groups in total. The monoisotopic (exact) mass is 377 g/mol. The van der Waals surface area contributed by atoms with Gasteiger partial charge in [-0.15, -0.1) is 0 Å². The second-order valence-electron chi connectivity index (χ2n) is 4.94. The highest BCUT2D eigenvalue weighted by Crippen LogP contribution is 2.33. The maximum absolute atomic E-state index is 13.2. The molecule has 1 amide bonds. The van der Waals surface area contributed by atoms with E-state index >= 15 is 0 Å². The van der Waals surface area contributed by atoms with Crippen molar-refractivity contribution >= 4 is 27.3 Å². The van der Waals surface area contributed by atoms with Gasteiger partial charge >= 0.3 is 6.18 Å². The number of benzene rings is 2. The molecule has 0 atom stereocenters. The first-order valence-corrected chi connectivity index (χ1v) is 8.04. The molecule has 0 radical (unpaired) electrons. The fourth-order valence-electron chi connectivity index (χ4n) is 1.95. The van der Waals surface area contributed by atoms with Crippen LogP contribution in [0.2, 0.25) is 0 Å². The molecule has 11 heteroatoms. The SMILES string of the molecule is Nc1ccc(C(=O)Nc2ccc(F)c(C(F)(F)F)c2)cc1S(N)(=O)=O. The topological polar surface area (TPSA) is 115 Å². The number of nitrogens with one attached hydrogen (secondary N) is 1. The van der Waals surface area contributed by atoms with E-state index in [0.717, 1.165) is 24.3 Å². The van der Waals surface area contributed by atoms with E-state index in [9.17, 15) is 30.8 Å². The predicted molar refractivity (Wildman–Crippen MR) is 81.6 cm³/mol. The third-order valence-corrected chi connectivity index (χ3v) is 4.08. The van der Waals surface area contributed by atoms with Gasteiger partial charge in [0.05, 0.1) is 11.3 Å². The number of halogens is 4. The van der Waals surface area contributed by atoms with Crippen LogP contribution in [0.1, 0.15) is 15.9 Å². The normalized spacial score (nSPS) is 12.0. The summed E-state index contributed by atoms with van der Waals surface area (Å²) in [4.78, 5) is 11.6. The molecule has 2 aromatic rings. The van der Waals surface area contributed by atoms with E-state index in [1.807, 2.05) is 0 Å². The quantitative estimate of drug-likeness (QED) is 0.562. The fourth-order valence-corrected chi connectivity index (χ4v) is 2.63. The number of hydrogen-bond donors (Lipinski definition) is 3. The molecule has 134 valence electrons. The van der Waals surface area contributed by atoms with Crippen molar-refractivity contribution in [3.05, 3.63) is 53.3 Å². The van der Waals surface area contributed by atoms with E-state index in [1.54, 1.807) is 0 Å². The van der Waals surface area contributed by atoms with Crippen LogP contribution in [-0.2, 0) is 16.2 Å². The Morgan fingerprint density at radius 2 is 1.72 bits per heavy atom. The number of nitrogen functional groups attached to an aromatic ring is 1. The lowest BCUT2D eigenvalue weighted by Gasteiger charge is -2.12. The largest absolute Gasteiger partial charge is 0.419 e. The van der Waals surface area contributed by atoms with Crippen molar-refractivity contribution in [1.82, 2.24) is 0 Å². The van der Waals surface area contributed by atoms with E-state index in [-0.39, 0.29) is 16.9 Å². The fraction of sp³-hybridized carbons (Fsp3) is 0.0714. The van der Waals surface area contributed by atoms with Crippen LogP contribution in [0.15, 0.2) is 41.3 Å². The van der Waals surface area contributed by atoms with Crippen LogP contribution in [0, 0.1) is 5.82 Å². The van der Waals surface area contributed by atoms with Crippen LogP contribution < -0.4 is 16.2 Å². The number of sulfonamides is 1. The number of hydrogen-bond acceptors (Lipinski definition) is 4. The number of rotatable bonds is 3. The first-order chi connectivity index (χ1) is 11.4. The maximum atomic E-state index is 13.2. The minimum absolute atomic E-state index is 0.194. The zero-order valence-corrected chi connectivity index (χ0v) is 13.1. The Morgan fingerprint density at radius 1 is 1.08 bits per heavy atom. The van der Waals surface area contributed by atoms with Crippen LogP contribution in [0.25, 0.3) is 0 Å². The minimum Gasteiger partial charge on any atom is -0.398 e. The molecule has 6 nitrogen and oxygen atoms in total. The lowest BCUT2D eigenvalue weighted by atomic mass is 10.1. The number of anilines is 2. The Bertz CT molecular complexity index is 943. The van der Waals surface area contributed by atoms with Gasteiger partial charge < -0.3 is 11.1 Å². The molecule has 2 rings (SSSR count). The summed E-state index contributed by atoms with van der Waals surface area (Å²) in [6, 6.07) is 5.06. The van der Waals surface area contributed by atoms with Crippen molar-refractivity contribution in [2.45, 2.75) is 11.1 Å². The molecule has 0 fully saturated rings. The van der Waals surface area contributed by atoms with Crippen molar-refractivity contribution < 1.29 is 30.8 Å². The lowest BCUT2D eigenvalue weighted by molar-refractivity contribution is -0.139. The summed E-state index contributed by atoms with van der Waals surface area (Å²) in [7, 11) is -4.20. The van der Waals surface area contributed by atoms with E-state index in [2.05, 4.69) is 5.32 Å². The highest BCUT2D eigenvalue weighted by Gasteiger charge is 2.34. The van der Waals surface area contributed by atoms with E-state index < -0.39 is 38.4 Å². The van der Waals surface area contributed by atoms with Crippen LogP contribution in [0.5, 0.6) is 0 Å². The number of amides is 1. The summed E-state index contributed by atoms with van der Waals surface area (Å²) in [6.07, 6.45) is -4.94. The molecule has 0 aliphatic rings. The highest BCUT2D eigenvalue weighted by atomic mass is 32.2. The highest BCUT2D eigenvalue weighted by molar-refractivity contribution is 7.89.